The van der Waals surface area contributed by atoms with Crippen LogP contribution < -0.4 is 0 Å². The topological polar surface area (TPSA) is 63.6 Å². The van der Waals surface area contributed by atoms with Crippen LogP contribution in [0.2, 0.25) is 0 Å². The van der Waals surface area contributed by atoms with Gasteiger partial charge >= 0.3 is 0 Å². The third-order valence-corrected chi connectivity index (χ3v) is 3.10. The van der Waals surface area contributed by atoms with Crippen molar-refractivity contribution in [1.29, 1.82) is 0 Å². The van der Waals surface area contributed by atoms with Crippen LogP contribution in [0.15, 0.2) is 42.5 Å². The second-order valence-corrected chi connectivity index (χ2v) is 4.73. The van der Waals surface area contributed by atoms with Gasteiger partial charge < -0.3 is 9.84 Å². The highest BCUT2D eigenvalue weighted by Gasteiger charge is 2.21. The predicted molar refractivity (Wildman–Crippen MR) is 75.9 cm³/mol. The number of hydrogen-bond donors (Lipinski definition) is 1. The average molecular weight is 276 g/mol. The maximum atomic E-state index is 11.9. The van der Waals surface area contributed by atoms with Gasteiger partial charge in [-0.15, -0.1) is 0 Å². The van der Waals surface area contributed by atoms with E-state index < -0.39 is 12.0 Å². The van der Waals surface area contributed by atoms with Crippen molar-refractivity contribution in [2.75, 3.05) is 0 Å². The van der Waals surface area contributed by atoms with Crippen molar-refractivity contribution in [1.82, 2.24) is 0 Å². The number of allylic oxidation sites excluding steroid dienone is 1. The minimum atomic E-state index is -0.822. The van der Waals surface area contributed by atoms with Gasteiger partial charge in [0.15, 0.2) is 5.78 Å². The minimum absolute atomic E-state index is 0.153. The Morgan fingerprint density at radius 1 is 1.30 bits per heavy atom. The van der Waals surface area contributed by atoms with Crippen molar-refractivity contribution in [3.63, 3.8) is 0 Å². The van der Waals surface area contributed by atoms with Crippen molar-refractivity contribution in [3.8, 4) is 0 Å². The van der Waals surface area contributed by atoms with Crippen LogP contribution in [-0.2, 0) is 14.3 Å². The van der Waals surface area contributed by atoms with Gasteiger partial charge in [0.1, 0.15) is 6.10 Å². The molecular formula is C16H20O4. The van der Waals surface area contributed by atoms with Crippen molar-refractivity contribution in [2.24, 2.45) is 5.92 Å². The largest absolute Gasteiger partial charge is 0.465 e. The molecule has 3 atom stereocenters. The number of carbonyl (C=O) groups excluding carboxylic acids is 2. The van der Waals surface area contributed by atoms with E-state index in [1.807, 2.05) is 18.2 Å². The molecule has 0 aliphatic carbocycles. The first kappa shape index (κ1) is 16.1. The number of benzene rings is 1. The molecule has 1 N–H and O–H groups in total. The summed E-state index contributed by atoms with van der Waals surface area (Å²) in [5.74, 6) is -0.671. The molecule has 4 nitrogen and oxygen atoms in total. The Kier molecular flexibility index (Phi) is 6.67. The maximum absolute atomic E-state index is 11.9. The predicted octanol–water partition coefficient (Wildman–Crippen LogP) is 2.43. The first-order valence-electron chi connectivity index (χ1n) is 6.58. The van der Waals surface area contributed by atoms with Crippen LogP contribution in [-0.4, -0.2) is 23.5 Å². The molecule has 0 radical (unpaired) electrons. The number of ether oxygens (including phenoxy) is 1. The number of aliphatic hydroxyl groups is 1. The maximum Gasteiger partial charge on any atom is 0.293 e. The standard InChI is InChI=1S/C16H20O4/c1-12(20-11-17)7-6-10-15(18)13(2)16(19)14-8-4-3-5-9-14/h3-6,8-13,16,19H,7H2,1-2H3/b10-6+/t12-,13-,16-/m1/s1. The van der Waals surface area contributed by atoms with E-state index in [2.05, 4.69) is 0 Å². The molecular weight excluding hydrogens is 256 g/mol. The molecule has 108 valence electrons. The van der Waals surface area contributed by atoms with E-state index in [0.29, 0.717) is 12.9 Å². The number of rotatable bonds is 8. The van der Waals surface area contributed by atoms with Gasteiger partial charge in [0.05, 0.1) is 6.10 Å². The number of carbonyl (C=O) groups is 2. The van der Waals surface area contributed by atoms with Gasteiger partial charge in [0.25, 0.3) is 6.47 Å². The van der Waals surface area contributed by atoms with Gasteiger partial charge in [-0.3, -0.25) is 9.59 Å². The summed E-state index contributed by atoms with van der Waals surface area (Å²) in [6.45, 7) is 3.82. The number of ketones is 1. The van der Waals surface area contributed by atoms with E-state index in [-0.39, 0.29) is 11.9 Å². The number of hydrogen-bond acceptors (Lipinski definition) is 4. The lowest BCUT2D eigenvalue weighted by Gasteiger charge is -2.16. The van der Waals surface area contributed by atoms with Crippen LogP contribution in [0.25, 0.3) is 0 Å². The summed E-state index contributed by atoms with van der Waals surface area (Å²) in [6, 6.07) is 9.08. The van der Waals surface area contributed by atoms with E-state index in [1.165, 1.54) is 6.08 Å². The minimum Gasteiger partial charge on any atom is -0.465 e. The Morgan fingerprint density at radius 3 is 2.55 bits per heavy atom. The first-order chi connectivity index (χ1) is 9.56. The number of aliphatic hydroxyl groups excluding tert-OH is 1. The van der Waals surface area contributed by atoms with Crippen LogP contribution in [0.5, 0.6) is 0 Å². The molecule has 0 heterocycles. The van der Waals surface area contributed by atoms with E-state index in [1.54, 1.807) is 32.1 Å². The van der Waals surface area contributed by atoms with Gasteiger partial charge in [-0.2, -0.15) is 0 Å². The molecule has 1 aromatic rings. The summed E-state index contributed by atoms with van der Waals surface area (Å²) in [4.78, 5) is 22.1. The second-order valence-electron chi connectivity index (χ2n) is 4.73. The summed E-state index contributed by atoms with van der Waals surface area (Å²) in [5, 5.41) is 10.1. The normalized spacial score (nSPS) is 15.6. The fraction of sp³-hybridized carbons (Fsp3) is 0.375. The molecule has 1 aromatic carbocycles. The molecule has 0 saturated carbocycles. The zero-order valence-corrected chi connectivity index (χ0v) is 11.7. The Hall–Kier alpha value is -1.94. The lowest BCUT2D eigenvalue weighted by atomic mass is 9.93. The van der Waals surface area contributed by atoms with Crippen LogP contribution >= 0.6 is 0 Å². The molecule has 0 amide bonds. The molecule has 0 fully saturated rings. The lowest BCUT2D eigenvalue weighted by Crippen LogP contribution is -2.17. The van der Waals surface area contributed by atoms with Crippen LogP contribution in [0.4, 0.5) is 0 Å². The summed E-state index contributed by atoms with van der Waals surface area (Å²) >= 11 is 0. The summed E-state index contributed by atoms with van der Waals surface area (Å²) < 4.78 is 4.71. The van der Waals surface area contributed by atoms with Crippen LogP contribution in [0.1, 0.15) is 31.9 Å². The van der Waals surface area contributed by atoms with Crippen molar-refractivity contribution >= 4 is 12.3 Å². The Labute approximate surface area is 119 Å². The quantitative estimate of drug-likeness (QED) is 0.585. The average Bonchev–Trinajstić information content (AvgIpc) is 2.46. The lowest BCUT2D eigenvalue weighted by molar-refractivity contribution is -0.132. The summed E-state index contributed by atoms with van der Waals surface area (Å²) in [5.41, 5.74) is 0.722. The smallest absolute Gasteiger partial charge is 0.293 e. The van der Waals surface area contributed by atoms with Crippen molar-refractivity contribution in [2.45, 2.75) is 32.5 Å². The molecule has 4 heteroatoms. The van der Waals surface area contributed by atoms with Gasteiger partial charge in [-0.1, -0.05) is 43.3 Å². The van der Waals surface area contributed by atoms with Crippen LogP contribution in [0.3, 0.4) is 0 Å². The molecule has 0 bridgehead atoms. The molecule has 0 unspecified atom stereocenters. The van der Waals surface area contributed by atoms with Gasteiger partial charge in [-0.05, 0) is 18.6 Å². The Balaban J connectivity index is 2.54. The summed E-state index contributed by atoms with van der Waals surface area (Å²) in [7, 11) is 0. The third kappa shape index (κ3) is 4.97. The van der Waals surface area contributed by atoms with E-state index in [4.69, 9.17) is 4.74 Å². The molecule has 0 aliphatic rings. The van der Waals surface area contributed by atoms with Gasteiger partial charge in [0.2, 0.25) is 0 Å². The molecule has 0 aliphatic heterocycles. The van der Waals surface area contributed by atoms with E-state index >= 15 is 0 Å². The molecule has 0 saturated heterocycles. The molecule has 0 spiro atoms. The molecule has 1 rings (SSSR count). The fourth-order valence-electron chi connectivity index (χ4n) is 1.77. The van der Waals surface area contributed by atoms with E-state index in [0.717, 1.165) is 5.56 Å². The zero-order valence-electron chi connectivity index (χ0n) is 11.7. The molecule has 20 heavy (non-hydrogen) atoms. The fourth-order valence-corrected chi connectivity index (χ4v) is 1.77. The second kappa shape index (κ2) is 8.27. The Bertz CT molecular complexity index is 453. The summed E-state index contributed by atoms with van der Waals surface area (Å²) in [6.07, 6.45) is 2.48. The highest BCUT2D eigenvalue weighted by molar-refractivity contribution is 5.91. The zero-order chi connectivity index (χ0) is 15.0. The molecule has 0 aromatic heterocycles. The van der Waals surface area contributed by atoms with Gasteiger partial charge in [0, 0.05) is 12.3 Å². The van der Waals surface area contributed by atoms with Crippen molar-refractivity contribution < 1.29 is 19.4 Å². The highest BCUT2D eigenvalue weighted by atomic mass is 16.5. The highest BCUT2D eigenvalue weighted by Crippen LogP contribution is 2.22. The van der Waals surface area contributed by atoms with Crippen LogP contribution in [0, 0.1) is 5.92 Å². The van der Waals surface area contributed by atoms with Crippen molar-refractivity contribution in [3.05, 3.63) is 48.0 Å². The van der Waals surface area contributed by atoms with Gasteiger partial charge in [-0.25, -0.2) is 0 Å². The van der Waals surface area contributed by atoms with E-state index in [9.17, 15) is 14.7 Å². The third-order valence-electron chi connectivity index (χ3n) is 3.10. The monoisotopic (exact) mass is 276 g/mol. The first-order valence-corrected chi connectivity index (χ1v) is 6.58. The SMILES string of the molecule is C[C@H](C/C=C/C(=O)[C@@H](C)[C@@H](O)c1ccccc1)OC=O. The Morgan fingerprint density at radius 2 is 1.95 bits per heavy atom.